The predicted molar refractivity (Wildman–Crippen MR) is 22.2 cm³/mol. The molecule has 0 saturated heterocycles. The second kappa shape index (κ2) is 2.65. The molecule has 0 rings (SSSR count). The van der Waals surface area contributed by atoms with Gasteiger partial charge in [-0.25, -0.2) is 0 Å². The monoisotopic (exact) mass is 301 g/mol. The van der Waals surface area contributed by atoms with E-state index in [9.17, 15) is 0 Å². The van der Waals surface area contributed by atoms with Crippen LogP contribution < -0.4 is 0 Å². The molecule has 0 unspecified atom stereocenters. The molecule has 1 nitrogen and oxygen atoms in total. The fourth-order valence-electron chi connectivity index (χ4n) is 0. The molecule has 0 fully saturated rings. The molecule has 6 heavy (non-hydrogen) atoms. The third kappa shape index (κ3) is 5.40. The molecule has 2 heteroatoms. The zero-order chi connectivity index (χ0) is 5.21. The van der Waals surface area contributed by atoms with E-state index in [0.29, 0.717) is 0 Å². The van der Waals surface area contributed by atoms with Crippen LogP contribution in [-0.4, -0.2) is 5.89 Å². The van der Waals surface area contributed by atoms with Crippen molar-refractivity contribution < 1.29 is 44.8 Å². The summed E-state index contributed by atoms with van der Waals surface area (Å²) in [6.45, 7) is 3.79. The minimum atomic E-state index is -0.782. The Bertz CT molecular complexity index is 37.3. The fourth-order valence-corrected chi connectivity index (χ4v) is 0. The van der Waals surface area contributed by atoms with E-state index in [4.69, 9.17) is 5.11 Å². The van der Waals surface area contributed by atoms with E-state index in [0.717, 1.165) is 0 Å². The van der Waals surface area contributed by atoms with Crippen LogP contribution in [0.2, 0.25) is 2.10 Å². The Morgan fingerprint density at radius 1 is 1.50 bits per heavy atom. The van der Waals surface area contributed by atoms with E-state index in [1.165, 1.54) is 0 Å². The third-order valence-corrected chi connectivity index (χ3v) is 6.51. The summed E-state index contributed by atoms with van der Waals surface area (Å²) in [5.74, 6) is 0. The van der Waals surface area contributed by atoms with Gasteiger partial charge in [-0.3, -0.25) is 0 Å². The van der Waals surface area contributed by atoms with Gasteiger partial charge in [-0.2, -0.15) is 0 Å². The van der Waals surface area contributed by atoms with E-state index in [1.54, 1.807) is 0 Å². The van der Waals surface area contributed by atoms with Crippen molar-refractivity contribution in [3.8, 4) is 0 Å². The molecule has 0 amide bonds. The summed E-state index contributed by atoms with van der Waals surface area (Å²) in [6, 6.07) is 0. The zero-order valence-electron chi connectivity index (χ0n) is 4.52. The molecule has 0 bridgehead atoms. The Kier molecular flexibility index (Phi) is 3.26. The molecule has 1 N–H and O–H groups in total. The van der Waals surface area contributed by atoms with E-state index in [2.05, 4.69) is 2.10 Å². The topological polar surface area (TPSA) is 20.2 Å². The van der Waals surface area contributed by atoms with Gasteiger partial charge in [0.05, 0.1) is 0 Å². The van der Waals surface area contributed by atoms with Crippen molar-refractivity contribution in [1.29, 1.82) is 0 Å². The van der Waals surface area contributed by atoms with Crippen molar-refractivity contribution in [2.24, 2.45) is 0 Å². The van der Waals surface area contributed by atoms with Crippen LogP contribution in [-0.2, 0) is 0 Å². The van der Waals surface area contributed by atoms with Crippen molar-refractivity contribution in [3.63, 3.8) is 0 Å². The molecule has 0 aromatic carbocycles. The molecular weight excluding hydrogens is 291 g/mol. The maximum atomic E-state index is 8.92. The Morgan fingerprint density at radius 2 is 1.67 bits per heavy atom. The van der Waals surface area contributed by atoms with Gasteiger partial charge < -0.3 is 0 Å². The number of hydrogen-bond donors (Lipinski definition) is 1. The van der Waals surface area contributed by atoms with Gasteiger partial charge in [-0.1, -0.05) is 0 Å². The van der Waals surface area contributed by atoms with Crippen LogP contribution in [0.3, 0.4) is 0 Å². The van der Waals surface area contributed by atoms with E-state index in [-0.39, 0.29) is 0.781 Å². The van der Waals surface area contributed by atoms with Gasteiger partial charge in [0.2, 0.25) is 0 Å². The average Bonchev–Trinajstić information content (AvgIpc) is 1.35. The molecule has 0 aromatic rings. The first kappa shape index (κ1) is 7.40. The molecular formula is C4H10AcO. The van der Waals surface area contributed by atoms with Crippen LogP contribution in [0, 0.1) is 39.7 Å². The van der Waals surface area contributed by atoms with Crippen LogP contribution in [0.25, 0.3) is 0 Å². The molecule has 0 aliphatic carbocycles. The summed E-state index contributed by atoms with van der Waals surface area (Å²) < 4.78 is 1.94. The van der Waals surface area contributed by atoms with Crippen molar-refractivity contribution in [2.75, 3.05) is 0 Å². The van der Waals surface area contributed by atoms with Gasteiger partial charge in [0.15, 0.2) is 0 Å². The van der Waals surface area contributed by atoms with Gasteiger partial charge >= 0.3 is 61.5 Å². The quantitative estimate of drug-likeness (QED) is 0.761. The fraction of sp³-hybridized carbons (Fsp3) is 1.00. The Balaban J connectivity index is 3.17. The second-order valence-electron chi connectivity index (χ2n) is 1.94. The summed E-state index contributed by atoms with van der Waals surface area (Å²) in [4.78, 5) is 0. The van der Waals surface area contributed by atoms with Gasteiger partial charge in [0.25, 0.3) is 0 Å². The number of aliphatic hydroxyl groups is 1. The predicted octanol–water partition coefficient (Wildman–Crippen LogP) is 0.848. The molecule has 0 aliphatic rings. The standard InChI is InChI=1S/C3H7O.CH3.Ac/c1-3(2)4;;/h4H,1-2H3;1H3;. The summed E-state index contributed by atoms with van der Waals surface area (Å²) in [6.07, 6.45) is 0. The SMILES string of the molecule is [CH3][Ac][C](C)(C)O. The summed E-state index contributed by atoms with van der Waals surface area (Å²) in [5.41, 5.74) is 0. The van der Waals surface area contributed by atoms with Gasteiger partial charge in [-0.15, -0.1) is 0 Å². The summed E-state index contributed by atoms with van der Waals surface area (Å²) in [7, 11) is 0. The first-order valence-electron chi connectivity index (χ1n) is 2.09. The number of rotatable bonds is 1. The average molecular weight is 301 g/mol. The Labute approximate surface area is 60.7 Å². The molecule has 0 radical (unpaired) electrons. The Morgan fingerprint density at radius 3 is 1.67 bits per heavy atom. The third-order valence-electron chi connectivity index (χ3n) is 0.706. The van der Waals surface area contributed by atoms with Crippen LogP contribution >= 0.6 is 0 Å². The van der Waals surface area contributed by atoms with Crippen LogP contribution in [0.15, 0.2) is 0 Å². The molecule has 0 aliphatic heterocycles. The zero-order valence-corrected chi connectivity index (χ0v) is 9.27. The molecule has 0 spiro atoms. The van der Waals surface area contributed by atoms with Crippen molar-refractivity contribution in [2.45, 2.75) is 16.7 Å². The molecule has 0 saturated carbocycles. The van der Waals surface area contributed by atoms with Crippen LogP contribution in [0.4, 0.5) is 0 Å². The van der Waals surface area contributed by atoms with Crippen LogP contribution in [0.5, 0.6) is 0 Å². The molecule has 0 atom stereocenters. The normalized spacial score (nSPS) is 10.7. The maximum absolute atomic E-state index is 8.92. The minimum absolute atomic E-state index is 0.239. The van der Waals surface area contributed by atoms with Crippen molar-refractivity contribution in [3.05, 3.63) is 0 Å². The molecule has 0 heterocycles. The molecule has 0 aromatic heterocycles. The summed E-state index contributed by atoms with van der Waals surface area (Å²) in [5, 5.41) is 8.92. The first-order chi connectivity index (χ1) is 2.56. The second-order valence-corrected chi connectivity index (χ2v) is 10.1. The van der Waals surface area contributed by atoms with Gasteiger partial charge in [-0.05, 0) is 0 Å². The van der Waals surface area contributed by atoms with Crippen molar-refractivity contribution in [1.82, 2.24) is 0 Å². The van der Waals surface area contributed by atoms with E-state index in [1.807, 2.05) is 13.8 Å². The molecule has 35 valence electrons. The van der Waals surface area contributed by atoms with Gasteiger partial charge in [0, 0.05) is 0 Å². The van der Waals surface area contributed by atoms with E-state index >= 15 is 0 Å². The van der Waals surface area contributed by atoms with Crippen LogP contribution in [0.1, 0.15) is 13.8 Å². The summed E-state index contributed by atoms with van der Waals surface area (Å²) >= 11 is -0.782. The van der Waals surface area contributed by atoms with E-state index < -0.39 is 39.7 Å². The number of hydrogen-bond acceptors (Lipinski definition) is 1. The first-order valence-corrected chi connectivity index (χ1v) is 9.21. The van der Waals surface area contributed by atoms with Crippen molar-refractivity contribution >= 4 is 0 Å². The Hall–Kier alpha value is 1.40. The van der Waals surface area contributed by atoms with Gasteiger partial charge in [0.1, 0.15) is 0 Å².